The first-order chi connectivity index (χ1) is 14.7. The number of anilines is 2. The van der Waals surface area contributed by atoms with Crippen LogP contribution in [0.4, 0.5) is 11.4 Å². The smallest absolute Gasteiger partial charge is 0.264 e. The summed E-state index contributed by atoms with van der Waals surface area (Å²) >= 11 is 3.47. The number of benzene rings is 3. The zero-order valence-electron chi connectivity index (χ0n) is 17.5. The lowest BCUT2D eigenvalue weighted by Gasteiger charge is -2.24. The van der Waals surface area contributed by atoms with Crippen LogP contribution in [0.15, 0.2) is 70.0 Å². The Bertz CT molecular complexity index is 1250. The maximum atomic E-state index is 13.2. The van der Waals surface area contributed by atoms with Crippen LogP contribution in [0.2, 0.25) is 0 Å². The Labute approximate surface area is 191 Å². The van der Waals surface area contributed by atoms with Crippen LogP contribution >= 0.6 is 15.9 Å². The Morgan fingerprint density at radius 2 is 1.68 bits per heavy atom. The van der Waals surface area contributed by atoms with Gasteiger partial charge in [-0.1, -0.05) is 34.1 Å². The topological polar surface area (TPSA) is 66.5 Å². The van der Waals surface area contributed by atoms with Gasteiger partial charge in [-0.3, -0.25) is 9.10 Å². The fourth-order valence-corrected chi connectivity index (χ4v) is 6.51. The SMILES string of the molecule is Cc1cc(Br)cc(C)c1NC(=O)c1ccc2c(c1)C[C@H](C)N2S(=O)(=O)c1ccccc1. The monoisotopic (exact) mass is 498 g/mol. The quantitative estimate of drug-likeness (QED) is 0.519. The van der Waals surface area contributed by atoms with Gasteiger partial charge < -0.3 is 5.32 Å². The van der Waals surface area contributed by atoms with Gasteiger partial charge in [-0.15, -0.1) is 0 Å². The van der Waals surface area contributed by atoms with Gasteiger partial charge in [-0.25, -0.2) is 8.42 Å². The lowest BCUT2D eigenvalue weighted by Crippen LogP contribution is -2.35. The third-order valence-corrected chi connectivity index (χ3v) is 7.93. The highest BCUT2D eigenvalue weighted by molar-refractivity contribution is 9.10. The van der Waals surface area contributed by atoms with E-state index in [4.69, 9.17) is 0 Å². The van der Waals surface area contributed by atoms with E-state index in [-0.39, 0.29) is 16.8 Å². The number of aryl methyl sites for hydroxylation is 2. The predicted molar refractivity (Wildman–Crippen MR) is 127 cm³/mol. The zero-order chi connectivity index (χ0) is 22.3. The van der Waals surface area contributed by atoms with Crippen molar-refractivity contribution in [3.8, 4) is 0 Å². The second-order valence-corrected chi connectivity index (χ2v) is 10.6. The van der Waals surface area contributed by atoms with E-state index in [2.05, 4.69) is 21.2 Å². The standard InChI is InChI=1S/C24H23BrN2O3S/c1-15-11-20(25)12-16(2)23(15)26-24(28)18-9-10-22-19(14-18)13-17(3)27(22)31(29,30)21-7-5-4-6-8-21/h4-12,14,17H,13H2,1-3H3,(H,26,28)/t17-/m0/s1. The molecule has 0 aromatic heterocycles. The van der Waals surface area contributed by atoms with Crippen molar-refractivity contribution in [3.63, 3.8) is 0 Å². The largest absolute Gasteiger partial charge is 0.322 e. The summed E-state index contributed by atoms with van der Waals surface area (Å²) in [6, 6.07) is 17.3. The van der Waals surface area contributed by atoms with Crippen molar-refractivity contribution in [2.24, 2.45) is 0 Å². The minimum atomic E-state index is -3.67. The van der Waals surface area contributed by atoms with Gasteiger partial charge in [0.2, 0.25) is 0 Å². The van der Waals surface area contributed by atoms with Gasteiger partial charge in [0.25, 0.3) is 15.9 Å². The number of amides is 1. The number of carbonyl (C=O) groups excluding carboxylic acids is 1. The van der Waals surface area contributed by atoms with Crippen molar-refractivity contribution in [2.75, 3.05) is 9.62 Å². The number of carbonyl (C=O) groups is 1. The van der Waals surface area contributed by atoms with E-state index in [1.165, 1.54) is 4.31 Å². The molecule has 1 atom stereocenters. The van der Waals surface area contributed by atoms with Crippen molar-refractivity contribution in [1.29, 1.82) is 0 Å². The molecule has 0 radical (unpaired) electrons. The highest BCUT2D eigenvalue weighted by Crippen LogP contribution is 2.37. The number of sulfonamides is 1. The van der Waals surface area contributed by atoms with Crippen LogP contribution in [-0.2, 0) is 16.4 Å². The van der Waals surface area contributed by atoms with E-state index in [1.807, 2.05) is 32.9 Å². The summed E-state index contributed by atoms with van der Waals surface area (Å²) in [4.78, 5) is 13.2. The first kappa shape index (κ1) is 21.6. The molecular weight excluding hydrogens is 476 g/mol. The van der Waals surface area contributed by atoms with Crippen LogP contribution in [0, 0.1) is 13.8 Å². The van der Waals surface area contributed by atoms with Gasteiger partial charge >= 0.3 is 0 Å². The van der Waals surface area contributed by atoms with E-state index in [0.29, 0.717) is 17.7 Å². The first-order valence-corrected chi connectivity index (χ1v) is 12.2. The Morgan fingerprint density at radius 1 is 1.03 bits per heavy atom. The van der Waals surface area contributed by atoms with Crippen LogP contribution in [-0.4, -0.2) is 20.4 Å². The van der Waals surface area contributed by atoms with E-state index in [9.17, 15) is 13.2 Å². The summed E-state index contributed by atoms with van der Waals surface area (Å²) in [5.74, 6) is -0.214. The molecule has 7 heteroatoms. The molecule has 1 heterocycles. The molecular formula is C24H23BrN2O3S. The molecule has 1 N–H and O–H groups in total. The summed E-state index contributed by atoms with van der Waals surface area (Å²) < 4.78 is 28.9. The van der Waals surface area contributed by atoms with Crippen molar-refractivity contribution in [3.05, 3.63) is 87.4 Å². The molecule has 1 aliphatic heterocycles. The predicted octanol–water partition coefficient (Wildman–Crippen LogP) is 5.46. The fraction of sp³-hybridized carbons (Fsp3) is 0.208. The molecule has 31 heavy (non-hydrogen) atoms. The van der Waals surface area contributed by atoms with Gasteiger partial charge in [0.15, 0.2) is 0 Å². The van der Waals surface area contributed by atoms with Gasteiger partial charge in [0.05, 0.1) is 10.6 Å². The molecule has 4 rings (SSSR count). The summed E-state index contributed by atoms with van der Waals surface area (Å²) in [6.07, 6.45) is 0.554. The third kappa shape index (κ3) is 4.00. The minimum absolute atomic E-state index is 0.214. The first-order valence-electron chi connectivity index (χ1n) is 9.99. The maximum absolute atomic E-state index is 13.2. The minimum Gasteiger partial charge on any atom is -0.322 e. The Morgan fingerprint density at radius 3 is 2.32 bits per heavy atom. The Kier molecular flexibility index (Phi) is 5.66. The lowest BCUT2D eigenvalue weighted by molar-refractivity contribution is 0.102. The van der Waals surface area contributed by atoms with Crippen LogP contribution < -0.4 is 9.62 Å². The van der Waals surface area contributed by atoms with Gasteiger partial charge in [-0.05, 0) is 86.3 Å². The second kappa shape index (κ2) is 8.13. The highest BCUT2D eigenvalue weighted by atomic mass is 79.9. The summed E-state index contributed by atoms with van der Waals surface area (Å²) in [6.45, 7) is 5.78. The number of nitrogens with one attached hydrogen (secondary N) is 1. The van der Waals surface area contributed by atoms with Crippen molar-refractivity contribution >= 4 is 43.2 Å². The summed E-state index contributed by atoms with van der Waals surface area (Å²) in [5.41, 5.74) is 4.71. The van der Waals surface area contributed by atoms with Crippen molar-refractivity contribution < 1.29 is 13.2 Å². The van der Waals surface area contributed by atoms with E-state index >= 15 is 0 Å². The van der Waals surface area contributed by atoms with Crippen LogP contribution in [0.5, 0.6) is 0 Å². The Hall–Kier alpha value is -2.64. The number of hydrogen-bond donors (Lipinski definition) is 1. The maximum Gasteiger partial charge on any atom is 0.264 e. The number of fused-ring (bicyclic) bond motifs is 1. The second-order valence-electron chi connectivity index (χ2n) is 7.88. The van der Waals surface area contributed by atoms with Crippen LogP contribution in [0.25, 0.3) is 0 Å². The molecule has 0 unspecified atom stereocenters. The molecule has 0 fully saturated rings. The average molecular weight is 499 g/mol. The molecule has 0 saturated carbocycles. The molecule has 160 valence electrons. The normalized spacial score (nSPS) is 15.6. The van der Waals surface area contributed by atoms with Crippen LogP contribution in [0.1, 0.15) is 34.0 Å². The molecule has 0 spiro atoms. The number of nitrogens with zero attached hydrogens (tertiary/aromatic N) is 1. The van der Waals surface area contributed by atoms with Crippen LogP contribution in [0.3, 0.4) is 0 Å². The van der Waals surface area contributed by atoms with E-state index < -0.39 is 10.0 Å². The number of halogens is 1. The van der Waals surface area contributed by atoms with Crippen molar-refractivity contribution in [1.82, 2.24) is 0 Å². The van der Waals surface area contributed by atoms with Gasteiger partial charge in [-0.2, -0.15) is 0 Å². The third-order valence-electron chi connectivity index (χ3n) is 5.53. The van der Waals surface area contributed by atoms with E-state index in [0.717, 1.165) is 26.9 Å². The lowest BCUT2D eigenvalue weighted by atomic mass is 10.1. The zero-order valence-corrected chi connectivity index (χ0v) is 19.9. The van der Waals surface area contributed by atoms with E-state index in [1.54, 1.807) is 48.5 Å². The molecule has 0 aliphatic carbocycles. The molecule has 0 bridgehead atoms. The van der Waals surface area contributed by atoms with Crippen molar-refractivity contribution in [2.45, 2.75) is 38.1 Å². The molecule has 5 nitrogen and oxygen atoms in total. The molecule has 1 amide bonds. The Balaban J connectivity index is 1.65. The summed E-state index contributed by atoms with van der Waals surface area (Å²) in [7, 11) is -3.67. The fourth-order valence-electron chi connectivity index (χ4n) is 4.11. The summed E-state index contributed by atoms with van der Waals surface area (Å²) in [5, 5.41) is 3.00. The number of hydrogen-bond acceptors (Lipinski definition) is 3. The molecule has 3 aromatic rings. The molecule has 0 saturated heterocycles. The molecule has 3 aromatic carbocycles. The van der Waals surface area contributed by atoms with Gasteiger partial charge in [0, 0.05) is 21.8 Å². The highest BCUT2D eigenvalue weighted by Gasteiger charge is 2.36. The average Bonchev–Trinajstić information content (AvgIpc) is 3.06. The molecule has 1 aliphatic rings. The number of rotatable bonds is 4. The van der Waals surface area contributed by atoms with Gasteiger partial charge in [0.1, 0.15) is 0 Å².